The monoisotopic (exact) mass is 407 g/mol. The number of nitrogens with zero attached hydrogens (tertiary/aromatic N) is 1. The van der Waals surface area contributed by atoms with E-state index in [2.05, 4.69) is 94.9 Å². The summed E-state index contributed by atoms with van der Waals surface area (Å²) >= 11 is 0. The average molecular weight is 407 g/mol. The second-order valence-corrected chi connectivity index (χ2v) is 8.26. The van der Waals surface area contributed by atoms with Gasteiger partial charge < -0.3 is 9.97 Å². The molecule has 0 atom stereocenters. The second kappa shape index (κ2) is 6.23. The van der Waals surface area contributed by atoms with Gasteiger partial charge in [0.15, 0.2) is 0 Å². The molecule has 0 fully saturated rings. The molecular formula is C29H17N3. The number of nitrogens with one attached hydrogen (secondary N) is 2. The van der Waals surface area contributed by atoms with Crippen molar-refractivity contribution in [3.63, 3.8) is 0 Å². The molecule has 0 aliphatic heterocycles. The van der Waals surface area contributed by atoms with Crippen LogP contribution in [-0.2, 0) is 0 Å². The Bertz CT molecular complexity index is 1880. The molecule has 0 amide bonds. The van der Waals surface area contributed by atoms with Crippen molar-refractivity contribution in [2.75, 3.05) is 0 Å². The van der Waals surface area contributed by atoms with Crippen molar-refractivity contribution in [1.82, 2.24) is 9.97 Å². The van der Waals surface area contributed by atoms with Crippen molar-refractivity contribution in [3.8, 4) is 17.2 Å². The van der Waals surface area contributed by atoms with Crippen LogP contribution in [0.4, 0.5) is 0 Å². The van der Waals surface area contributed by atoms with E-state index in [1.807, 2.05) is 12.1 Å². The van der Waals surface area contributed by atoms with Crippen molar-refractivity contribution in [2.24, 2.45) is 0 Å². The van der Waals surface area contributed by atoms with Crippen LogP contribution in [-0.4, -0.2) is 9.97 Å². The molecule has 2 aromatic heterocycles. The smallest absolute Gasteiger partial charge is 0.0998 e. The fraction of sp³-hybridized carbons (Fsp3) is 0. The lowest BCUT2D eigenvalue weighted by atomic mass is 9.90. The van der Waals surface area contributed by atoms with E-state index in [1.165, 1.54) is 21.5 Å². The zero-order valence-electron chi connectivity index (χ0n) is 17.1. The lowest BCUT2D eigenvalue weighted by Crippen LogP contribution is -1.88. The Labute approximate surface area is 183 Å². The fourth-order valence-corrected chi connectivity index (χ4v) is 5.23. The van der Waals surface area contributed by atoms with Crippen molar-refractivity contribution in [3.05, 3.63) is 96.6 Å². The van der Waals surface area contributed by atoms with E-state index in [9.17, 15) is 5.26 Å². The van der Waals surface area contributed by atoms with Gasteiger partial charge in [-0.05, 0) is 35.2 Å². The van der Waals surface area contributed by atoms with Gasteiger partial charge in [-0.2, -0.15) is 5.26 Å². The number of aromatic amines is 2. The molecule has 3 nitrogen and oxygen atoms in total. The summed E-state index contributed by atoms with van der Waals surface area (Å²) in [6.45, 7) is 0. The highest BCUT2D eigenvalue weighted by Gasteiger charge is 2.20. The summed E-state index contributed by atoms with van der Waals surface area (Å²) in [5.74, 6) is 0. The number of hydrogen-bond acceptors (Lipinski definition) is 1. The number of H-pyrrole nitrogens is 2. The molecule has 0 unspecified atom stereocenters. The fourth-order valence-electron chi connectivity index (χ4n) is 5.23. The SMILES string of the molecule is N#Cc1cccc2cccc(-c3c4[nH]c5ccccc5c4cc4[nH]c5ccccc5c34)c12. The zero-order chi connectivity index (χ0) is 21.2. The predicted molar refractivity (Wildman–Crippen MR) is 133 cm³/mol. The van der Waals surface area contributed by atoms with Gasteiger partial charge in [0.1, 0.15) is 0 Å². The molecule has 0 saturated heterocycles. The Morgan fingerprint density at radius 2 is 1.31 bits per heavy atom. The number of para-hydroxylation sites is 2. The van der Waals surface area contributed by atoms with Crippen LogP contribution in [0.15, 0.2) is 91.0 Å². The number of nitriles is 1. The maximum Gasteiger partial charge on any atom is 0.0998 e. The molecule has 2 N–H and O–H groups in total. The minimum atomic E-state index is 0.694. The van der Waals surface area contributed by atoms with Crippen LogP contribution in [0.3, 0.4) is 0 Å². The summed E-state index contributed by atoms with van der Waals surface area (Å²) in [5, 5.41) is 16.7. The Morgan fingerprint density at radius 3 is 2.12 bits per heavy atom. The molecule has 0 radical (unpaired) electrons. The van der Waals surface area contributed by atoms with E-state index < -0.39 is 0 Å². The van der Waals surface area contributed by atoms with E-state index >= 15 is 0 Å². The van der Waals surface area contributed by atoms with Crippen molar-refractivity contribution in [2.45, 2.75) is 0 Å². The molecular weight excluding hydrogens is 390 g/mol. The minimum absolute atomic E-state index is 0.694. The molecule has 3 heteroatoms. The summed E-state index contributed by atoms with van der Waals surface area (Å²) in [6.07, 6.45) is 0. The van der Waals surface area contributed by atoms with Gasteiger partial charge in [-0.1, -0.05) is 66.7 Å². The van der Waals surface area contributed by atoms with Crippen LogP contribution < -0.4 is 0 Å². The highest BCUT2D eigenvalue weighted by atomic mass is 14.7. The number of rotatable bonds is 1. The quantitative estimate of drug-likeness (QED) is 0.288. The van der Waals surface area contributed by atoms with Crippen LogP contribution in [0.2, 0.25) is 0 Å². The summed E-state index contributed by atoms with van der Waals surface area (Å²) in [7, 11) is 0. The first kappa shape index (κ1) is 17.2. The molecule has 0 spiro atoms. The molecule has 7 rings (SSSR count). The maximum absolute atomic E-state index is 9.92. The number of benzene rings is 5. The van der Waals surface area contributed by atoms with E-state index in [1.54, 1.807) is 0 Å². The number of aromatic nitrogens is 2. The van der Waals surface area contributed by atoms with Gasteiger partial charge in [-0.15, -0.1) is 0 Å². The molecule has 0 saturated carbocycles. The Kier molecular flexibility index (Phi) is 3.34. The van der Waals surface area contributed by atoms with Crippen LogP contribution in [0.5, 0.6) is 0 Å². The third kappa shape index (κ3) is 2.18. The van der Waals surface area contributed by atoms with Crippen molar-refractivity contribution >= 4 is 54.4 Å². The van der Waals surface area contributed by atoms with Crippen molar-refractivity contribution < 1.29 is 0 Å². The summed E-state index contributed by atoms with van der Waals surface area (Å²) in [4.78, 5) is 7.33. The van der Waals surface area contributed by atoms with E-state index in [4.69, 9.17) is 0 Å². The van der Waals surface area contributed by atoms with Crippen LogP contribution in [0.1, 0.15) is 5.56 Å². The predicted octanol–water partition coefficient (Wildman–Crippen LogP) is 7.65. The first-order valence-electron chi connectivity index (χ1n) is 10.7. The lowest BCUT2D eigenvalue weighted by molar-refractivity contribution is 1.50. The first-order chi connectivity index (χ1) is 15.8. The zero-order valence-corrected chi connectivity index (χ0v) is 17.1. The topological polar surface area (TPSA) is 55.4 Å². The van der Waals surface area contributed by atoms with Crippen LogP contribution in [0, 0.1) is 11.3 Å². The van der Waals surface area contributed by atoms with Gasteiger partial charge in [0.2, 0.25) is 0 Å². The van der Waals surface area contributed by atoms with Gasteiger partial charge in [0, 0.05) is 49.0 Å². The Morgan fingerprint density at radius 1 is 0.594 bits per heavy atom. The summed E-state index contributed by atoms with van der Waals surface area (Å²) < 4.78 is 0. The Hall–Kier alpha value is -4.55. The lowest BCUT2D eigenvalue weighted by Gasteiger charge is -2.12. The van der Waals surface area contributed by atoms with Crippen LogP contribution in [0.25, 0.3) is 65.5 Å². The number of fused-ring (bicyclic) bond motifs is 7. The highest BCUT2D eigenvalue weighted by Crippen LogP contribution is 2.44. The minimum Gasteiger partial charge on any atom is -0.354 e. The first-order valence-corrected chi connectivity index (χ1v) is 10.7. The average Bonchev–Trinajstić information content (AvgIpc) is 3.40. The van der Waals surface area contributed by atoms with Gasteiger partial charge in [0.05, 0.1) is 17.1 Å². The maximum atomic E-state index is 9.92. The number of hydrogen-bond donors (Lipinski definition) is 2. The molecule has 5 aromatic carbocycles. The van der Waals surface area contributed by atoms with E-state index in [-0.39, 0.29) is 0 Å². The van der Waals surface area contributed by atoms with Crippen LogP contribution >= 0.6 is 0 Å². The molecule has 7 aromatic rings. The normalized spacial score (nSPS) is 11.7. The largest absolute Gasteiger partial charge is 0.354 e. The molecule has 0 aliphatic carbocycles. The van der Waals surface area contributed by atoms with Gasteiger partial charge >= 0.3 is 0 Å². The third-order valence-electron chi connectivity index (χ3n) is 6.56. The van der Waals surface area contributed by atoms with Gasteiger partial charge in [-0.3, -0.25) is 0 Å². The van der Waals surface area contributed by atoms with E-state index in [0.717, 1.165) is 44.0 Å². The van der Waals surface area contributed by atoms with Gasteiger partial charge in [-0.25, -0.2) is 0 Å². The molecule has 2 heterocycles. The third-order valence-corrected chi connectivity index (χ3v) is 6.56. The van der Waals surface area contributed by atoms with Gasteiger partial charge in [0.25, 0.3) is 0 Å². The highest BCUT2D eigenvalue weighted by molar-refractivity contribution is 6.27. The molecule has 0 bridgehead atoms. The molecule has 148 valence electrons. The van der Waals surface area contributed by atoms with Crippen molar-refractivity contribution in [1.29, 1.82) is 5.26 Å². The molecule has 32 heavy (non-hydrogen) atoms. The second-order valence-electron chi connectivity index (χ2n) is 8.26. The van der Waals surface area contributed by atoms with E-state index in [0.29, 0.717) is 5.56 Å². The standard InChI is InChI=1S/C29H17N3/c30-16-18-9-5-7-17-8-6-12-21(26(17)18)28-27-20-11-2-4-14-24(20)31-25(27)15-22-19-10-1-3-13-23(19)32-29(22)28/h1-15,31-32H. The summed E-state index contributed by atoms with van der Waals surface area (Å²) in [5.41, 5.74) is 7.33. The summed E-state index contributed by atoms with van der Waals surface area (Å²) in [6, 6.07) is 33.8. The Balaban J connectivity index is 1.80. The molecule has 0 aliphatic rings.